The molecule has 0 aromatic carbocycles. The Balaban J connectivity index is 2.60. The molecule has 0 saturated carbocycles. The molecule has 0 aromatic heterocycles. The number of nitrogens with zero attached hydrogens (tertiary/aromatic N) is 2. The van der Waals surface area contributed by atoms with Crippen molar-refractivity contribution in [1.82, 2.24) is 10.2 Å². The van der Waals surface area contributed by atoms with Gasteiger partial charge in [0.25, 0.3) is 0 Å². The summed E-state index contributed by atoms with van der Waals surface area (Å²) in [4.78, 5) is 6.16. The van der Waals surface area contributed by atoms with Gasteiger partial charge in [0.05, 0.1) is 13.0 Å². The molecule has 19 heavy (non-hydrogen) atoms. The molecule has 1 fully saturated rings. The number of hydrogen-bond acceptors (Lipinski definition) is 1. The number of guanidine groups is 1. The van der Waals surface area contributed by atoms with E-state index in [1.165, 1.54) is 0 Å². The molecule has 0 aromatic rings. The summed E-state index contributed by atoms with van der Waals surface area (Å²) in [7, 11) is 0. The Morgan fingerprint density at radius 1 is 1.37 bits per heavy atom. The van der Waals surface area contributed by atoms with Gasteiger partial charge in [-0.15, -0.1) is 0 Å². The fourth-order valence-electron chi connectivity index (χ4n) is 2.21. The number of hydrogen-bond donors (Lipinski definition) is 1. The molecule has 0 aliphatic carbocycles. The Labute approximate surface area is 113 Å². The first-order valence-corrected chi connectivity index (χ1v) is 6.89. The van der Waals surface area contributed by atoms with E-state index in [0.29, 0.717) is 12.5 Å². The van der Waals surface area contributed by atoms with Crippen molar-refractivity contribution < 1.29 is 13.2 Å². The minimum Gasteiger partial charge on any atom is -0.357 e. The van der Waals surface area contributed by atoms with Gasteiger partial charge in [-0.25, -0.2) is 0 Å². The monoisotopic (exact) mass is 279 g/mol. The second-order valence-electron chi connectivity index (χ2n) is 5.44. The van der Waals surface area contributed by atoms with Gasteiger partial charge < -0.3 is 10.2 Å². The number of aliphatic imine (C=N–C) groups is 1. The SMILES string of the molecule is CCNC(=NCCC(F)(F)F)N1CCC(C)(CC)C1. The number of halogens is 3. The first kappa shape index (κ1) is 16.1. The minimum absolute atomic E-state index is 0.203. The predicted molar refractivity (Wildman–Crippen MR) is 71.2 cm³/mol. The van der Waals surface area contributed by atoms with E-state index in [1.54, 1.807) is 0 Å². The second kappa shape index (κ2) is 6.48. The number of rotatable bonds is 4. The summed E-state index contributed by atoms with van der Waals surface area (Å²) < 4.78 is 36.4. The van der Waals surface area contributed by atoms with Crippen molar-refractivity contribution in [2.45, 2.75) is 46.2 Å². The zero-order valence-corrected chi connectivity index (χ0v) is 12.0. The van der Waals surface area contributed by atoms with E-state index < -0.39 is 12.6 Å². The third-order valence-corrected chi connectivity index (χ3v) is 3.70. The van der Waals surface area contributed by atoms with Crippen LogP contribution in [0.15, 0.2) is 4.99 Å². The molecule has 1 aliphatic rings. The smallest absolute Gasteiger partial charge is 0.357 e. The molecule has 1 unspecified atom stereocenters. The van der Waals surface area contributed by atoms with Crippen molar-refractivity contribution in [3.8, 4) is 0 Å². The highest BCUT2D eigenvalue weighted by Gasteiger charge is 2.33. The Kier molecular flexibility index (Phi) is 5.50. The van der Waals surface area contributed by atoms with Crippen LogP contribution < -0.4 is 5.32 Å². The molecule has 0 bridgehead atoms. The van der Waals surface area contributed by atoms with Crippen LogP contribution in [0.25, 0.3) is 0 Å². The molecule has 0 radical (unpaired) electrons. The fourth-order valence-corrected chi connectivity index (χ4v) is 2.21. The maximum absolute atomic E-state index is 12.1. The van der Waals surface area contributed by atoms with Gasteiger partial charge in [0, 0.05) is 19.6 Å². The van der Waals surface area contributed by atoms with Crippen LogP contribution in [0.3, 0.4) is 0 Å². The predicted octanol–water partition coefficient (Wildman–Crippen LogP) is 3.03. The van der Waals surface area contributed by atoms with Crippen molar-refractivity contribution in [2.24, 2.45) is 10.4 Å². The molecule has 0 spiro atoms. The Hall–Kier alpha value is -0.940. The molecular weight excluding hydrogens is 255 g/mol. The molecule has 6 heteroatoms. The van der Waals surface area contributed by atoms with E-state index in [-0.39, 0.29) is 12.0 Å². The lowest BCUT2D eigenvalue weighted by molar-refractivity contribution is -0.132. The number of alkyl halides is 3. The maximum Gasteiger partial charge on any atom is 0.390 e. The third kappa shape index (κ3) is 5.28. The van der Waals surface area contributed by atoms with Crippen molar-refractivity contribution in [3.63, 3.8) is 0 Å². The highest BCUT2D eigenvalue weighted by molar-refractivity contribution is 5.80. The highest BCUT2D eigenvalue weighted by Crippen LogP contribution is 2.32. The number of likely N-dealkylation sites (tertiary alicyclic amines) is 1. The molecule has 1 heterocycles. The lowest BCUT2D eigenvalue weighted by atomic mass is 9.87. The minimum atomic E-state index is -4.14. The van der Waals surface area contributed by atoms with Gasteiger partial charge in [-0.3, -0.25) is 4.99 Å². The summed E-state index contributed by atoms with van der Waals surface area (Å²) in [6, 6.07) is 0. The Bertz CT molecular complexity index is 315. The topological polar surface area (TPSA) is 27.6 Å². The van der Waals surface area contributed by atoms with Crippen LogP contribution in [-0.2, 0) is 0 Å². The second-order valence-corrected chi connectivity index (χ2v) is 5.44. The van der Waals surface area contributed by atoms with Gasteiger partial charge in [-0.05, 0) is 25.2 Å². The highest BCUT2D eigenvalue weighted by atomic mass is 19.4. The third-order valence-electron chi connectivity index (χ3n) is 3.70. The van der Waals surface area contributed by atoms with Crippen LogP contribution in [0.4, 0.5) is 13.2 Å². The van der Waals surface area contributed by atoms with E-state index in [4.69, 9.17) is 0 Å². The van der Waals surface area contributed by atoms with E-state index in [1.807, 2.05) is 6.92 Å². The van der Waals surface area contributed by atoms with Crippen molar-refractivity contribution >= 4 is 5.96 Å². The summed E-state index contributed by atoms with van der Waals surface area (Å²) in [5, 5.41) is 3.08. The molecule has 1 saturated heterocycles. The first-order valence-electron chi connectivity index (χ1n) is 6.89. The van der Waals surface area contributed by atoms with E-state index >= 15 is 0 Å². The van der Waals surface area contributed by atoms with Crippen LogP contribution in [-0.4, -0.2) is 43.2 Å². The van der Waals surface area contributed by atoms with Crippen molar-refractivity contribution in [2.75, 3.05) is 26.2 Å². The fraction of sp³-hybridized carbons (Fsp3) is 0.923. The van der Waals surface area contributed by atoms with Crippen LogP contribution in [0.1, 0.15) is 40.0 Å². The quantitative estimate of drug-likeness (QED) is 0.633. The van der Waals surface area contributed by atoms with Crippen LogP contribution in [0, 0.1) is 5.41 Å². The Morgan fingerprint density at radius 2 is 2.05 bits per heavy atom. The number of nitrogens with one attached hydrogen (secondary N) is 1. The zero-order chi connectivity index (χ0) is 14.5. The molecule has 0 amide bonds. The van der Waals surface area contributed by atoms with Gasteiger partial charge in [-0.1, -0.05) is 13.8 Å². The van der Waals surface area contributed by atoms with E-state index in [9.17, 15) is 13.2 Å². The zero-order valence-electron chi connectivity index (χ0n) is 12.0. The van der Waals surface area contributed by atoms with E-state index in [2.05, 4.69) is 29.1 Å². The van der Waals surface area contributed by atoms with Gasteiger partial charge in [-0.2, -0.15) is 13.2 Å². The molecular formula is C13H24F3N3. The van der Waals surface area contributed by atoms with Crippen molar-refractivity contribution in [1.29, 1.82) is 0 Å². The summed E-state index contributed by atoms with van der Waals surface area (Å²) in [6.45, 7) is 8.48. The molecule has 112 valence electrons. The maximum atomic E-state index is 12.1. The molecule has 1 atom stereocenters. The first-order chi connectivity index (χ1) is 8.79. The Morgan fingerprint density at radius 3 is 2.53 bits per heavy atom. The normalized spacial score (nSPS) is 24.9. The van der Waals surface area contributed by atoms with Crippen molar-refractivity contribution in [3.05, 3.63) is 0 Å². The molecule has 1 aliphatic heterocycles. The lowest BCUT2D eigenvalue weighted by Crippen LogP contribution is -2.41. The van der Waals surface area contributed by atoms with Crippen LogP contribution in [0.2, 0.25) is 0 Å². The van der Waals surface area contributed by atoms with Gasteiger partial charge in [0.1, 0.15) is 0 Å². The van der Waals surface area contributed by atoms with Gasteiger partial charge in [0.2, 0.25) is 0 Å². The molecule has 3 nitrogen and oxygen atoms in total. The largest absolute Gasteiger partial charge is 0.390 e. The summed E-state index contributed by atoms with van der Waals surface area (Å²) in [5.74, 6) is 0.615. The van der Waals surface area contributed by atoms with Crippen LogP contribution >= 0.6 is 0 Å². The van der Waals surface area contributed by atoms with Crippen LogP contribution in [0.5, 0.6) is 0 Å². The van der Waals surface area contributed by atoms with Gasteiger partial charge in [0.15, 0.2) is 5.96 Å². The van der Waals surface area contributed by atoms with Gasteiger partial charge >= 0.3 is 6.18 Å². The summed E-state index contributed by atoms with van der Waals surface area (Å²) in [6.07, 6.45) is -2.86. The summed E-state index contributed by atoms with van der Waals surface area (Å²) in [5.41, 5.74) is 0.250. The lowest BCUT2D eigenvalue weighted by Gasteiger charge is -2.25. The average molecular weight is 279 g/mol. The average Bonchev–Trinajstić information content (AvgIpc) is 2.70. The molecule has 1 N–H and O–H groups in total. The van der Waals surface area contributed by atoms with E-state index in [0.717, 1.165) is 25.9 Å². The molecule has 1 rings (SSSR count). The summed E-state index contributed by atoms with van der Waals surface area (Å²) >= 11 is 0. The standard InChI is InChI=1S/C13H24F3N3/c1-4-12(3)7-9-19(10-12)11(17-5-2)18-8-6-13(14,15)16/h4-10H2,1-3H3,(H,17,18).